The van der Waals surface area contributed by atoms with E-state index in [2.05, 4.69) is 4.90 Å². The average molecular weight is 241 g/mol. The Bertz CT molecular complexity index is 278. The van der Waals surface area contributed by atoms with Gasteiger partial charge in [-0.2, -0.15) is 0 Å². The van der Waals surface area contributed by atoms with Crippen molar-refractivity contribution in [2.24, 2.45) is 0 Å². The second-order valence-electron chi connectivity index (χ2n) is 4.82. The molecule has 4 heteroatoms. The van der Waals surface area contributed by atoms with Gasteiger partial charge in [0.15, 0.2) is 0 Å². The average Bonchev–Trinajstić information content (AvgIpc) is 2.23. The Balaban J connectivity index is 2.49. The van der Waals surface area contributed by atoms with Gasteiger partial charge in [0.2, 0.25) is 0 Å². The number of hydrogen-bond donors (Lipinski definition) is 0. The minimum absolute atomic E-state index is 0.132. The van der Waals surface area contributed by atoms with Gasteiger partial charge in [-0.05, 0) is 33.7 Å². The Hall–Kier alpha value is -0.900. The second-order valence-corrected chi connectivity index (χ2v) is 4.82. The van der Waals surface area contributed by atoms with Crippen LogP contribution in [0.4, 0.5) is 0 Å². The molecular weight excluding hydrogens is 218 g/mol. The van der Waals surface area contributed by atoms with E-state index in [9.17, 15) is 9.59 Å². The highest BCUT2D eigenvalue weighted by molar-refractivity contribution is 5.76. The summed E-state index contributed by atoms with van der Waals surface area (Å²) in [6.07, 6.45) is 4.19. The van der Waals surface area contributed by atoms with Crippen molar-refractivity contribution >= 4 is 11.8 Å². The summed E-state index contributed by atoms with van der Waals surface area (Å²) in [5.41, 5.74) is 0. The topological polar surface area (TPSA) is 46.6 Å². The zero-order valence-electron chi connectivity index (χ0n) is 11.1. The molecule has 1 fully saturated rings. The zero-order chi connectivity index (χ0) is 12.8. The smallest absolute Gasteiger partial charge is 0.307 e. The molecule has 0 N–H and O–H groups in total. The van der Waals surface area contributed by atoms with Crippen LogP contribution in [-0.2, 0) is 14.3 Å². The van der Waals surface area contributed by atoms with Gasteiger partial charge in [-0.25, -0.2) is 0 Å². The number of ketones is 1. The van der Waals surface area contributed by atoms with Crippen LogP contribution in [0.1, 0.15) is 46.0 Å². The Morgan fingerprint density at radius 2 is 1.82 bits per heavy atom. The van der Waals surface area contributed by atoms with E-state index < -0.39 is 0 Å². The second kappa shape index (κ2) is 6.74. The number of nitrogens with zero attached hydrogens (tertiary/aromatic N) is 1. The highest BCUT2D eigenvalue weighted by Crippen LogP contribution is 2.25. The number of esters is 1. The summed E-state index contributed by atoms with van der Waals surface area (Å²) in [6, 6.07) is 0.521. The van der Waals surface area contributed by atoms with Crippen LogP contribution >= 0.6 is 0 Å². The molecule has 4 nitrogen and oxygen atoms in total. The van der Waals surface area contributed by atoms with Crippen LogP contribution in [0.15, 0.2) is 0 Å². The molecule has 0 aromatic rings. The first-order valence-corrected chi connectivity index (χ1v) is 6.41. The molecule has 1 aliphatic rings. The van der Waals surface area contributed by atoms with Crippen LogP contribution in [-0.4, -0.2) is 42.4 Å². The molecule has 98 valence electrons. The Kier molecular flexibility index (Phi) is 5.62. The molecule has 1 heterocycles. The molecule has 1 saturated heterocycles. The summed E-state index contributed by atoms with van der Waals surface area (Å²) in [5.74, 6) is 0.0893. The quantitative estimate of drug-likeness (QED) is 0.688. The van der Waals surface area contributed by atoms with E-state index in [1.165, 1.54) is 0 Å². The molecule has 2 atom stereocenters. The molecule has 0 radical (unpaired) electrons. The number of rotatable bonds is 5. The van der Waals surface area contributed by atoms with Crippen LogP contribution in [0, 0.1) is 0 Å². The maximum atomic E-state index is 11.5. The summed E-state index contributed by atoms with van der Waals surface area (Å²) < 4.78 is 4.98. The predicted octanol–water partition coefficient (Wildman–Crippen LogP) is 1.77. The lowest BCUT2D eigenvalue weighted by Gasteiger charge is -2.38. The van der Waals surface area contributed by atoms with Crippen molar-refractivity contribution in [2.75, 3.05) is 13.7 Å². The van der Waals surface area contributed by atoms with Gasteiger partial charge in [0.25, 0.3) is 0 Å². The van der Waals surface area contributed by atoms with Gasteiger partial charge in [0, 0.05) is 18.5 Å². The van der Waals surface area contributed by atoms with Crippen LogP contribution in [0.25, 0.3) is 0 Å². The van der Waals surface area contributed by atoms with Crippen molar-refractivity contribution in [1.29, 1.82) is 0 Å². The number of likely N-dealkylation sites (tertiary alicyclic amines) is 1. The van der Waals surface area contributed by atoms with E-state index in [4.69, 9.17) is 4.74 Å². The monoisotopic (exact) mass is 241 g/mol. The molecule has 1 rings (SSSR count). The first kappa shape index (κ1) is 14.2. The van der Waals surface area contributed by atoms with E-state index in [0.29, 0.717) is 25.5 Å². The number of carbonyl (C=O) groups excluding carboxylic acids is 2. The molecule has 0 aliphatic carbocycles. The van der Waals surface area contributed by atoms with Gasteiger partial charge in [-0.3, -0.25) is 14.5 Å². The lowest BCUT2D eigenvalue weighted by molar-refractivity contribution is -0.145. The summed E-state index contributed by atoms with van der Waals surface area (Å²) >= 11 is 0. The van der Waals surface area contributed by atoms with Gasteiger partial charge in [-0.1, -0.05) is 6.42 Å². The third-order valence-corrected chi connectivity index (χ3v) is 3.46. The number of piperidine rings is 1. The van der Waals surface area contributed by atoms with Crippen molar-refractivity contribution < 1.29 is 14.3 Å². The first-order valence-electron chi connectivity index (χ1n) is 6.41. The fourth-order valence-corrected chi connectivity index (χ4v) is 2.53. The zero-order valence-corrected chi connectivity index (χ0v) is 11.1. The van der Waals surface area contributed by atoms with E-state index >= 15 is 0 Å². The molecule has 0 saturated carbocycles. The maximum absolute atomic E-state index is 11.5. The minimum Gasteiger partial charge on any atom is -0.466 e. The van der Waals surface area contributed by atoms with Gasteiger partial charge in [0.1, 0.15) is 5.78 Å². The molecule has 0 spiro atoms. The fourth-order valence-electron chi connectivity index (χ4n) is 2.53. The number of ether oxygens (including phenoxy) is 1. The highest BCUT2D eigenvalue weighted by atomic mass is 16.5. The summed E-state index contributed by atoms with van der Waals surface area (Å²) in [4.78, 5) is 24.8. The molecule has 0 amide bonds. The van der Waals surface area contributed by atoms with E-state index in [0.717, 1.165) is 19.3 Å². The van der Waals surface area contributed by atoms with Crippen molar-refractivity contribution in [2.45, 2.75) is 58.0 Å². The molecule has 0 unspecified atom stereocenters. The Morgan fingerprint density at radius 3 is 2.35 bits per heavy atom. The molecule has 0 aromatic heterocycles. The fraction of sp³-hybridized carbons (Fsp3) is 0.846. The number of hydrogen-bond acceptors (Lipinski definition) is 4. The largest absolute Gasteiger partial charge is 0.466 e. The lowest BCUT2D eigenvalue weighted by atomic mass is 9.92. The van der Waals surface area contributed by atoms with Gasteiger partial charge in [-0.15, -0.1) is 0 Å². The van der Waals surface area contributed by atoms with E-state index in [-0.39, 0.29) is 17.8 Å². The van der Waals surface area contributed by atoms with Gasteiger partial charge >= 0.3 is 5.97 Å². The molecule has 0 bridgehead atoms. The first-order chi connectivity index (χ1) is 8.04. The van der Waals surface area contributed by atoms with E-state index in [1.54, 1.807) is 6.92 Å². The predicted molar refractivity (Wildman–Crippen MR) is 65.7 cm³/mol. The van der Waals surface area contributed by atoms with Crippen LogP contribution < -0.4 is 0 Å². The van der Waals surface area contributed by atoms with Crippen molar-refractivity contribution in [3.8, 4) is 0 Å². The molecule has 17 heavy (non-hydrogen) atoms. The molecule has 1 aliphatic heterocycles. The third kappa shape index (κ3) is 4.46. The minimum atomic E-state index is -0.132. The third-order valence-electron chi connectivity index (χ3n) is 3.46. The Morgan fingerprint density at radius 1 is 1.24 bits per heavy atom. The van der Waals surface area contributed by atoms with Crippen molar-refractivity contribution in [3.63, 3.8) is 0 Å². The highest BCUT2D eigenvalue weighted by Gasteiger charge is 2.29. The molecular formula is C13H23NO3. The van der Waals surface area contributed by atoms with Gasteiger partial charge in [0.05, 0.1) is 13.0 Å². The van der Waals surface area contributed by atoms with Crippen molar-refractivity contribution in [1.82, 2.24) is 4.90 Å². The number of Topliss-reactive ketones (excluding diaryl/α,β-unsaturated/α-hetero) is 1. The summed E-state index contributed by atoms with van der Waals surface area (Å²) in [6.45, 7) is 3.88. The maximum Gasteiger partial charge on any atom is 0.307 e. The van der Waals surface area contributed by atoms with Crippen LogP contribution in [0.5, 0.6) is 0 Å². The van der Waals surface area contributed by atoms with Crippen LogP contribution in [0.3, 0.4) is 0 Å². The summed E-state index contributed by atoms with van der Waals surface area (Å²) in [7, 11) is 2.01. The normalized spacial score (nSPS) is 25.6. The molecule has 0 aromatic carbocycles. The van der Waals surface area contributed by atoms with Crippen LogP contribution in [0.2, 0.25) is 0 Å². The SMILES string of the molecule is CCOC(=O)C[C@@H]1CCC[C@H](CC(C)=O)N1C. The lowest BCUT2D eigenvalue weighted by Crippen LogP contribution is -2.45. The summed E-state index contributed by atoms with van der Waals surface area (Å²) in [5, 5.41) is 0. The standard InChI is InChI=1S/C13H23NO3/c1-4-17-13(16)9-12-7-5-6-11(14(12)3)8-10(2)15/h11-12H,4-9H2,1-3H3/t11-,12+/m1/s1. The van der Waals surface area contributed by atoms with E-state index in [1.807, 2.05) is 14.0 Å². The van der Waals surface area contributed by atoms with Crippen molar-refractivity contribution in [3.05, 3.63) is 0 Å². The number of carbonyl (C=O) groups is 2. The van der Waals surface area contributed by atoms with Gasteiger partial charge < -0.3 is 4.74 Å². The Labute approximate surface area is 103 Å².